The van der Waals surface area contributed by atoms with E-state index in [9.17, 15) is 4.79 Å². The fourth-order valence-corrected chi connectivity index (χ4v) is 2.40. The van der Waals surface area contributed by atoms with Crippen LogP contribution in [0.25, 0.3) is 10.9 Å². The molecule has 3 rings (SSSR count). The molecule has 1 aromatic carbocycles. The Hall–Kier alpha value is -2.43. The third kappa shape index (κ3) is 2.11. The largest absolute Gasteiger partial charge is 0.340 e. The van der Waals surface area contributed by atoms with Gasteiger partial charge in [0.1, 0.15) is 18.4 Å². The van der Waals surface area contributed by atoms with Crippen LogP contribution in [0.15, 0.2) is 36.8 Å². The van der Waals surface area contributed by atoms with Gasteiger partial charge in [0.2, 0.25) is 0 Å². The van der Waals surface area contributed by atoms with Crippen LogP contribution in [-0.4, -0.2) is 25.6 Å². The van der Waals surface area contributed by atoms with Crippen molar-refractivity contribution in [1.29, 1.82) is 0 Å². The summed E-state index contributed by atoms with van der Waals surface area (Å²) in [5.74, 6) is 0.928. The minimum absolute atomic E-state index is 0.288. The molecule has 0 aliphatic carbocycles. The molecule has 0 amide bonds. The van der Waals surface area contributed by atoms with E-state index in [1.165, 1.54) is 0 Å². The van der Waals surface area contributed by atoms with E-state index in [0.29, 0.717) is 12.1 Å². The molecular weight excluding hydrogens is 252 g/mol. The van der Waals surface area contributed by atoms with Crippen LogP contribution in [0.5, 0.6) is 0 Å². The number of aromatic nitrogens is 4. The molecule has 0 saturated heterocycles. The summed E-state index contributed by atoms with van der Waals surface area (Å²) in [5, 5.41) is 5.31. The number of carbonyl (C=O) groups is 1. The van der Waals surface area contributed by atoms with Crippen molar-refractivity contribution in [1.82, 2.24) is 19.3 Å². The molecule has 2 aromatic heterocycles. The van der Waals surface area contributed by atoms with Crippen LogP contribution < -0.4 is 0 Å². The number of aldehydes is 1. The average Bonchev–Trinajstić information content (AvgIpc) is 3.06. The Kier molecular flexibility index (Phi) is 3.10. The fraction of sp³-hybridized carbons (Fsp3) is 0.267. The van der Waals surface area contributed by atoms with Gasteiger partial charge in [0, 0.05) is 28.7 Å². The maximum absolute atomic E-state index is 10.8. The third-order valence-electron chi connectivity index (χ3n) is 3.38. The van der Waals surface area contributed by atoms with Crippen LogP contribution in [0, 0.1) is 0 Å². The maximum Gasteiger partial charge on any atom is 0.150 e. The molecule has 102 valence electrons. The minimum atomic E-state index is 0.288. The summed E-state index contributed by atoms with van der Waals surface area (Å²) in [4.78, 5) is 15.1. The lowest BCUT2D eigenvalue weighted by Crippen LogP contribution is -2.11. The van der Waals surface area contributed by atoms with E-state index >= 15 is 0 Å². The van der Waals surface area contributed by atoms with Crippen LogP contribution in [0.4, 0.5) is 0 Å². The number of hydrogen-bond acceptors (Lipinski definition) is 3. The fourth-order valence-electron chi connectivity index (χ4n) is 2.40. The van der Waals surface area contributed by atoms with Crippen molar-refractivity contribution in [2.75, 3.05) is 0 Å². The van der Waals surface area contributed by atoms with Crippen molar-refractivity contribution >= 4 is 17.2 Å². The summed E-state index contributed by atoms with van der Waals surface area (Å²) >= 11 is 0. The van der Waals surface area contributed by atoms with Crippen molar-refractivity contribution < 1.29 is 4.79 Å². The SMILES string of the molecule is CC(C)n1ncnc1Cn1ccc2cc(C=O)ccc21. The molecule has 0 bridgehead atoms. The molecular formula is C15H16N4O. The van der Waals surface area contributed by atoms with E-state index in [-0.39, 0.29) is 6.04 Å². The van der Waals surface area contributed by atoms with Gasteiger partial charge in [-0.05, 0) is 38.1 Å². The molecule has 20 heavy (non-hydrogen) atoms. The lowest BCUT2D eigenvalue weighted by Gasteiger charge is -2.10. The topological polar surface area (TPSA) is 52.7 Å². The predicted molar refractivity (Wildman–Crippen MR) is 76.8 cm³/mol. The first-order chi connectivity index (χ1) is 9.69. The zero-order valence-electron chi connectivity index (χ0n) is 11.5. The van der Waals surface area contributed by atoms with Crippen molar-refractivity contribution in [3.8, 4) is 0 Å². The van der Waals surface area contributed by atoms with E-state index in [1.54, 1.807) is 6.33 Å². The molecule has 2 heterocycles. The second-order valence-electron chi connectivity index (χ2n) is 5.09. The van der Waals surface area contributed by atoms with E-state index in [0.717, 1.165) is 23.0 Å². The number of benzene rings is 1. The molecule has 0 radical (unpaired) electrons. The van der Waals surface area contributed by atoms with Gasteiger partial charge in [-0.25, -0.2) is 9.67 Å². The number of fused-ring (bicyclic) bond motifs is 1. The van der Waals surface area contributed by atoms with Crippen molar-refractivity contribution in [3.05, 3.63) is 48.2 Å². The third-order valence-corrected chi connectivity index (χ3v) is 3.38. The highest BCUT2D eigenvalue weighted by Crippen LogP contribution is 2.18. The Labute approximate surface area is 116 Å². The zero-order chi connectivity index (χ0) is 14.1. The first-order valence-corrected chi connectivity index (χ1v) is 6.61. The highest BCUT2D eigenvalue weighted by Gasteiger charge is 2.09. The Balaban J connectivity index is 1.99. The lowest BCUT2D eigenvalue weighted by atomic mass is 10.2. The van der Waals surface area contributed by atoms with Crippen LogP contribution in [0.1, 0.15) is 36.1 Å². The number of nitrogens with zero attached hydrogens (tertiary/aromatic N) is 4. The molecule has 5 nitrogen and oxygen atoms in total. The Morgan fingerprint density at radius 2 is 2.15 bits per heavy atom. The van der Waals surface area contributed by atoms with Gasteiger partial charge >= 0.3 is 0 Å². The monoisotopic (exact) mass is 268 g/mol. The van der Waals surface area contributed by atoms with Crippen LogP contribution in [0.2, 0.25) is 0 Å². The second kappa shape index (κ2) is 4.92. The summed E-state index contributed by atoms with van der Waals surface area (Å²) in [6.07, 6.45) is 4.47. The van der Waals surface area contributed by atoms with Gasteiger partial charge in [-0.15, -0.1) is 0 Å². The summed E-state index contributed by atoms with van der Waals surface area (Å²) in [7, 11) is 0. The van der Waals surface area contributed by atoms with Gasteiger partial charge in [-0.3, -0.25) is 4.79 Å². The van der Waals surface area contributed by atoms with Gasteiger partial charge in [0.05, 0.1) is 6.54 Å². The van der Waals surface area contributed by atoms with Crippen molar-refractivity contribution in [2.45, 2.75) is 26.4 Å². The highest BCUT2D eigenvalue weighted by molar-refractivity contribution is 5.87. The van der Waals surface area contributed by atoms with Crippen LogP contribution in [-0.2, 0) is 6.54 Å². The molecule has 0 saturated carbocycles. The zero-order valence-corrected chi connectivity index (χ0v) is 11.5. The maximum atomic E-state index is 10.8. The highest BCUT2D eigenvalue weighted by atomic mass is 16.1. The molecule has 5 heteroatoms. The van der Waals surface area contributed by atoms with Gasteiger partial charge in [-0.1, -0.05) is 0 Å². The van der Waals surface area contributed by atoms with Crippen molar-refractivity contribution in [3.63, 3.8) is 0 Å². The summed E-state index contributed by atoms with van der Waals surface area (Å²) in [6.45, 7) is 4.84. The van der Waals surface area contributed by atoms with E-state index < -0.39 is 0 Å². The normalized spacial score (nSPS) is 11.3. The van der Waals surface area contributed by atoms with E-state index in [2.05, 4.69) is 28.5 Å². The standard InChI is InChI=1S/C15H16N4O/c1-11(2)19-15(16-10-17-19)8-18-6-5-13-7-12(9-20)3-4-14(13)18/h3-7,9-11H,8H2,1-2H3. The molecule has 0 fully saturated rings. The molecule has 0 aliphatic rings. The quantitative estimate of drug-likeness (QED) is 0.683. The van der Waals surface area contributed by atoms with Crippen LogP contribution in [0.3, 0.4) is 0 Å². The number of rotatable bonds is 4. The Bertz CT molecular complexity index is 754. The average molecular weight is 268 g/mol. The number of hydrogen-bond donors (Lipinski definition) is 0. The van der Waals surface area contributed by atoms with Crippen LogP contribution >= 0.6 is 0 Å². The van der Waals surface area contributed by atoms with Crippen molar-refractivity contribution in [2.24, 2.45) is 0 Å². The van der Waals surface area contributed by atoms with Gasteiger partial charge in [0.25, 0.3) is 0 Å². The summed E-state index contributed by atoms with van der Waals surface area (Å²) < 4.78 is 4.04. The van der Waals surface area contributed by atoms with Gasteiger partial charge < -0.3 is 4.57 Å². The number of carbonyl (C=O) groups excluding carboxylic acids is 1. The molecule has 0 aliphatic heterocycles. The Morgan fingerprint density at radius 1 is 1.30 bits per heavy atom. The van der Waals surface area contributed by atoms with E-state index in [4.69, 9.17) is 0 Å². The summed E-state index contributed by atoms with van der Waals surface area (Å²) in [5.41, 5.74) is 1.79. The second-order valence-corrected chi connectivity index (χ2v) is 5.09. The summed E-state index contributed by atoms with van der Waals surface area (Å²) in [6, 6.07) is 7.99. The minimum Gasteiger partial charge on any atom is -0.340 e. The predicted octanol–water partition coefficient (Wildman–Crippen LogP) is 2.67. The molecule has 0 N–H and O–H groups in total. The molecule has 0 unspecified atom stereocenters. The Morgan fingerprint density at radius 3 is 2.90 bits per heavy atom. The molecule has 0 spiro atoms. The van der Waals surface area contributed by atoms with Gasteiger partial charge in [-0.2, -0.15) is 5.10 Å². The first kappa shape index (κ1) is 12.6. The first-order valence-electron chi connectivity index (χ1n) is 6.61. The molecule has 0 atom stereocenters. The van der Waals surface area contributed by atoms with E-state index in [1.807, 2.05) is 35.1 Å². The smallest absolute Gasteiger partial charge is 0.150 e. The van der Waals surface area contributed by atoms with Gasteiger partial charge in [0.15, 0.2) is 0 Å². The lowest BCUT2D eigenvalue weighted by molar-refractivity contribution is 0.112. The molecule has 3 aromatic rings.